The van der Waals surface area contributed by atoms with E-state index >= 15 is 0 Å². The zero-order chi connectivity index (χ0) is 16.0. The number of amides is 2. The van der Waals surface area contributed by atoms with Gasteiger partial charge in [-0.2, -0.15) is 0 Å². The number of benzene rings is 1. The zero-order valence-electron chi connectivity index (χ0n) is 10.6. The second-order valence-electron chi connectivity index (χ2n) is 3.92. The van der Waals surface area contributed by atoms with Crippen LogP contribution in [0.15, 0.2) is 22.7 Å². The monoisotopic (exact) mass is 361 g/mol. The number of aliphatic carboxylic acids is 1. The van der Waals surface area contributed by atoms with Crippen LogP contribution < -0.4 is 10.6 Å². The van der Waals surface area contributed by atoms with E-state index < -0.39 is 29.6 Å². The molecule has 1 aromatic rings. The van der Waals surface area contributed by atoms with E-state index in [1.807, 2.05) is 0 Å². The summed E-state index contributed by atoms with van der Waals surface area (Å²) in [5.74, 6) is -1.29. The van der Waals surface area contributed by atoms with E-state index in [9.17, 15) is 19.7 Å². The van der Waals surface area contributed by atoms with Gasteiger partial charge in [0.15, 0.2) is 0 Å². The number of hydrogen-bond acceptors (Lipinski definition) is 5. The summed E-state index contributed by atoms with van der Waals surface area (Å²) in [7, 11) is 0. The van der Waals surface area contributed by atoms with Gasteiger partial charge in [-0.1, -0.05) is 0 Å². The molecule has 1 aromatic carbocycles. The van der Waals surface area contributed by atoms with Crippen LogP contribution in [0.1, 0.15) is 6.42 Å². The molecule has 0 aliphatic carbocycles. The lowest BCUT2D eigenvalue weighted by atomic mass is 10.2. The van der Waals surface area contributed by atoms with Gasteiger partial charge in [-0.25, -0.2) is 9.59 Å². The number of aliphatic hydroxyl groups excluding tert-OH is 1. The van der Waals surface area contributed by atoms with Gasteiger partial charge in [0.05, 0.1) is 10.6 Å². The summed E-state index contributed by atoms with van der Waals surface area (Å²) in [6.07, 6.45) is -0.154. The number of carbonyl (C=O) groups is 2. The molecule has 0 fully saturated rings. The third-order valence-corrected chi connectivity index (χ3v) is 3.12. The molecule has 0 aliphatic heterocycles. The minimum atomic E-state index is -1.29. The third-order valence-electron chi connectivity index (χ3n) is 2.43. The summed E-state index contributed by atoms with van der Waals surface area (Å²) < 4.78 is 0.400. The molecule has 0 aliphatic rings. The first kappa shape index (κ1) is 16.9. The first-order valence-corrected chi connectivity index (χ1v) is 6.49. The van der Waals surface area contributed by atoms with Crippen molar-refractivity contribution in [1.29, 1.82) is 0 Å². The van der Waals surface area contributed by atoms with Crippen LogP contribution in [0.2, 0.25) is 0 Å². The van der Waals surface area contributed by atoms with Crippen molar-refractivity contribution in [3.05, 3.63) is 32.8 Å². The number of anilines is 1. The summed E-state index contributed by atoms with van der Waals surface area (Å²) >= 11 is 3.11. The molecule has 114 valence electrons. The van der Waals surface area contributed by atoms with E-state index in [0.717, 1.165) is 6.07 Å². The summed E-state index contributed by atoms with van der Waals surface area (Å²) in [5, 5.41) is 32.7. The average molecular weight is 362 g/mol. The van der Waals surface area contributed by atoms with Crippen molar-refractivity contribution in [3.63, 3.8) is 0 Å². The van der Waals surface area contributed by atoms with Crippen molar-refractivity contribution < 1.29 is 24.7 Å². The van der Waals surface area contributed by atoms with Gasteiger partial charge in [-0.05, 0) is 22.0 Å². The molecule has 0 bridgehead atoms. The number of halogens is 1. The maximum absolute atomic E-state index is 11.7. The van der Waals surface area contributed by atoms with Crippen LogP contribution in [0.5, 0.6) is 0 Å². The number of aliphatic hydroxyl groups is 1. The molecule has 0 saturated carbocycles. The van der Waals surface area contributed by atoms with E-state index in [4.69, 9.17) is 10.2 Å². The number of nitrogens with zero attached hydrogens (tertiary/aromatic N) is 1. The molecule has 0 heterocycles. The van der Waals surface area contributed by atoms with Crippen molar-refractivity contribution in [2.45, 2.75) is 12.5 Å². The Kier molecular flexibility index (Phi) is 6.06. The fraction of sp³-hybridized carbons (Fsp3) is 0.273. The number of nitro benzene ring substituents is 1. The highest BCUT2D eigenvalue weighted by Crippen LogP contribution is 2.26. The number of urea groups is 1. The molecular weight excluding hydrogens is 350 g/mol. The van der Waals surface area contributed by atoms with Gasteiger partial charge in [0.1, 0.15) is 6.04 Å². The lowest BCUT2D eigenvalue weighted by molar-refractivity contribution is -0.384. The zero-order valence-corrected chi connectivity index (χ0v) is 12.2. The van der Waals surface area contributed by atoms with E-state index in [1.54, 1.807) is 0 Å². The topological polar surface area (TPSA) is 142 Å². The highest BCUT2D eigenvalue weighted by atomic mass is 79.9. The summed E-state index contributed by atoms with van der Waals surface area (Å²) in [5.41, 5.74) is -0.103. The second kappa shape index (κ2) is 7.55. The SMILES string of the molecule is O=C(Nc1cc([N+](=O)[O-])ccc1Br)NC(CCO)C(=O)O. The van der Waals surface area contributed by atoms with E-state index in [1.165, 1.54) is 12.1 Å². The number of carbonyl (C=O) groups excluding carboxylic acids is 1. The lowest BCUT2D eigenvalue weighted by Crippen LogP contribution is -2.43. The predicted octanol–water partition coefficient (Wildman–Crippen LogP) is 1.31. The van der Waals surface area contributed by atoms with Crippen LogP contribution in [-0.2, 0) is 4.79 Å². The van der Waals surface area contributed by atoms with E-state index in [0.29, 0.717) is 4.47 Å². The number of non-ortho nitro benzene ring substituents is 1. The fourth-order valence-corrected chi connectivity index (χ4v) is 1.77. The largest absolute Gasteiger partial charge is 0.480 e. The molecule has 0 radical (unpaired) electrons. The van der Waals surface area contributed by atoms with Crippen molar-refractivity contribution >= 4 is 39.3 Å². The molecule has 21 heavy (non-hydrogen) atoms. The number of rotatable bonds is 6. The van der Waals surface area contributed by atoms with Gasteiger partial charge in [-0.3, -0.25) is 10.1 Å². The van der Waals surface area contributed by atoms with Gasteiger partial charge in [-0.15, -0.1) is 0 Å². The Bertz CT molecular complexity index is 565. The highest BCUT2D eigenvalue weighted by molar-refractivity contribution is 9.10. The quantitative estimate of drug-likeness (QED) is 0.444. The lowest BCUT2D eigenvalue weighted by Gasteiger charge is -2.14. The normalized spacial score (nSPS) is 11.5. The van der Waals surface area contributed by atoms with Gasteiger partial charge in [0.25, 0.3) is 5.69 Å². The van der Waals surface area contributed by atoms with Gasteiger partial charge < -0.3 is 20.8 Å². The molecule has 4 N–H and O–H groups in total. The van der Waals surface area contributed by atoms with Crippen molar-refractivity contribution in [3.8, 4) is 0 Å². The van der Waals surface area contributed by atoms with E-state index in [-0.39, 0.29) is 17.8 Å². The number of nitro groups is 1. The molecule has 0 spiro atoms. The molecule has 10 heteroatoms. The van der Waals surface area contributed by atoms with E-state index in [2.05, 4.69) is 26.6 Å². The number of carboxylic acids is 1. The van der Waals surface area contributed by atoms with Gasteiger partial charge in [0.2, 0.25) is 0 Å². The van der Waals surface area contributed by atoms with Gasteiger partial charge in [0, 0.05) is 29.6 Å². The summed E-state index contributed by atoms with van der Waals surface area (Å²) in [6.45, 7) is -0.405. The molecule has 0 aromatic heterocycles. The van der Waals surface area contributed by atoms with Crippen LogP contribution in [0, 0.1) is 10.1 Å². The minimum absolute atomic E-state index is 0.120. The Morgan fingerprint density at radius 1 is 1.43 bits per heavy atom. The summed E-state index contributed by atoms with van der Waals surface area (Å²) in [4.78, 5) is 32.5. The summed E-state index contributed by atoms with van der Waals surface area (Å²) in [6, 6.07) is 1.66. The Labute approximate surface area is 127 Å². The Morgan fingerprint density at radius 3 is 2.62 bits per heavy atom. The minimum Gasteiger partial charge on any atom is -0.480 e. The standard InChI is InChI=1S/C11H12BrN3O6/c12-7-2-1-6(15(20)21)5-9(7)14-11(19)13-8(3-4-16)10(17)18/h1-2,5,8,16H,3-4H2,(H,17,18)(H2,13,14,19). The van der Waals surface area contributed by atoms with Gasteiger partial charge >= 0.3 is 12.0 Å². The first-order valence-electron chi connectivity index (χ1n) is 5.70. The molecule has 1 rings (SSSR count). The third kappa shape index (κ3) is 5.00. The maximum atomic E-state index is 11.7. The number of nitrogens with one attached hydrogen (secondary N) is 2. The first-order chi connectivity index (χ1) is 9.85. The Morgan fingerprint density at radius 2 is 2.10 bits per heavy atom. The van der Waals surface area contributed by atoms with Crippen LogP contribution in [0.25, 0.3) is 0 Å². The molecule has 2 amide bonds. The Balaban J connectivity index is 2.80. The van der Waals surface area contributed by atoms with Crippen molar-refractivity contribution in [2.24, 2.45) is 0 Å². The average Bonchev–Trinajstić information content (AvgIpc) is 2.40. The van der Waals surface area contributed by atoms with Crippen LogP contribution in [0.3, 0.4) is 0 Å². The van der Waals surface area contributed by atoms with Crippen LogP contribution in [0.4, 0.5) is 16.2 Å². The molecule has 0 saturated heterocycles. The second-order valence-corrected chi connectivity index (χ2v) is 4.78. The molecule has 1 unspecified atom stereocenters. The number of carboxylic acid groups (broad SMARTS) is 1. The van der Waals surface area contributed by atoms with Crippen molar-refractivity contribution in [1.82, 2.24) is 5.32 Å². The number of hydrogen-bond donors (Lipinski definition) is 4. The predicted molar refractivity (Wildman–Crippen MR) is 76.1 cm³/mol. The maximum Gasteiger partial charge on any atom is 0.326 e. The smallest absolute Gasteiger partial charge is 0.326 e. The molecular formula is C11H12BrN3O6. The van der Waals surface area contributed by atoms with Crippen molar-refractivity contribution in [2.75, 3.05) is 11.9 Å². The molecule has 1 atom stereocenters. The fourth-order valence-electron chi connectivity index (χ4n) is 1.43. The highest BCUT2D eigenvalue weighted by Gasteiger charge is 2.20. The van der Waals surface area contributed by atoms with Crippen LogP contribution in [-0.4, -0.2) is 39.8 Å². The van der Waals surface area contributed by atoms with Crippen LogP contribution >= 0.6 is 15.9 Å². The Hall–Kier alpha value is -2.20. The molecule has 9 nitrogen and oxygen atoms in total.